The summed E-state index contributed by atoms with van der Waals surface area (Å²) in [6, 6.07) is 9.01. The molecule has 1 atom stereocenters. The molecule has 168 valence electrons. The van der Waals surface area contributed by atoms with Crippen LogP contribution in [0.2, 0.25) is 0 Å². The van der Waals surface area contributed by atoms with Gasteiger partial charge in [-0.2, -0.15) is 0 Å². The first-order valence-corrected chi connectivity index (χ1v) is 10.8. The lowest BCUT2D eigenvalue weighted by Crippen LogP contribution is -2.32. The first kappa shape index (κ1) is 23.2. The van der Waals surface area contributed by atoms with Gasteiger partial charge in [-0.25, -0.2) is 14.0 Å². The summed E-state index contributed by atoms with van der Waals surface area (Å²) in [5.74, 6) is -2.19. The molecule has 0 bridgehead atoms. The fourth-order valence-corrected chi connectivity index (χ4v) is 4.10. The second-order valence-electron chi connectivity index (χ2n) is 6.99. The standard InChI is InChI=1S/C23H23FN2O5S/c1-4-30-22(28)19-13(2)20(25-14(19)3)23(29)31-12-18(27)26-21(17-6-5-11-32-17)15-7-9-16(24)10-8-15/h5-11,21,25H,4,12H2,1-3H3,(H,26,27). The zero-order valence-electron chi connectivity index (χ0n) is 17.9. The van der Waals surface area contributed by atoms with Crippen LogP contribution in [-0.2, 0) is 14.3 Å². The van der Waals surface area contributed by atoms with Crippen molar-refractivity contribution in [3.05, 3.63) is 80.6 Å². The Labute approximate surface area is 188 Å². The van der Waals surface area contributed by atoms with Crippen molar-refractivity contribution in [2.45, 2.75) is 26.8 Å². The van der Waals surface area contributed by atoms with E-state index in [9.17, 15) is 18.8 Å². The molecule has 2 aromatic heterocycles. The normalized spacial score (nSPS) is 11.6. The van der Waals surface area contributed by atoms with Gasteiger partial charge in [0.15, 0.2) is 6.61 Å². The van der Waals surface area contributed by atoms with Gasteiger partial charge in [0.05, 0.1) is 18.2 Å². The SMILES string of the molecule is CCOC(=O)c1c(C)[nH]c(C(=O)OCC(=O)NC(c2ccc(F)cc2)c2cccs2)c1C. The molecule has 3 aromatic rings. The summed E-state index contributed by atoms with van der Waals surface area (Å²) in [5.41, 5.74) is 1.94. The van der Waals surface area contributed by atoms with Gasteiger partial charge in [0, 0.05) is 10.6 Å². The highest BCUT2D eigenvalue weighted by atomic mass is 32.1. The molecule has 0 fully saturated rings. The average Bonchev–Trinajstić information content (AvgIpc) is 3.39. The van der Waals surface area contributed by atoms with Gasteiger partial charge in [-0.15, -0.1) is 11.3 Å². The molecule has 0 aliphatic rings. The molecule has 2 heterocycles. The molecule has 2 N–H and O–H groups in total. The van der Waals surface area contributed by atoms with Crippen molar-refractivity contribution in [3.63, 3.8) is 0 Å². The molecule has 0 saturated carbocycles. The van der Waals surface area contributed by atoms with E-state index in [4.69, 9.17) is 9.47 Å². The number of carbonyl (C=O) groups is 3. The minimum Gasteiger partial charge on any atom is -0.462 e. The van der Waals surface area contributed by atoms with Gasteiger partial charge in [-0.05, 0) is 55.5 Å². The fourth-order valence-electron chi connectivity index (χ4n) is 3.30. The first-order chi connectivity index (χ1) is 15.3. The van der Waals surface area contributed by atoms with E-state index in [-0.39, 0.29) is 23.7 Å². The predicted molar refractivity (Wildman–Crippen MR) is 117 cm³/mol. The van der Waals surface area contributed by atoms with E-state index in [0.717, 1.165) is 4.88 Å². The lowest BCUT2D eigenvalue weighted by atomic mass is 10.1. The van der Waals surface area contributed by atoms with E-state index in [1.807, 2.05) is 17.5 Å². The zero-order valence-corrected chi connectivity index (χ0v) is 18.7. The second kappa shape index (κ2) is 10.2. The maximum atomic E-state index is 13.3. The number of thiophene rings is 1. The van der Waals surface area contributed by atoms with Crippen molar-refractivity contribution in [2.24, 2.45) is 0 Å². The number of amides is 1. The molecule has 0 saturated heterocycles. The van der Waals surface area contributed by atoms with Gasteiger partial charge >= 0.3 is 11.9 Å². The number of ether oxygens (including phenoxy) is 2. The number of H-pyrrole nitrogens is 1. The number of nitrogens with one attached hydrogen (secondary N) is 2. The van der Waals surface area contributed by atoms with E-state index in [1.54, 1.807) is 32.9 Å². The van der Waals surface area contributed by atoms with E-state index in [1.165, 1.54) is 23.5 Å². The maximum absolute atomic E-state index is 13.3. The highest BCUT2D eigenvalue weighted by molar-refractivity contribution is 7.10. The number of aryl methyl sites for hydroxylation is 1. The summed E-state index contributed by atoms with van der Waals surface area (Å²) in [4.78, 5) is 40.8. The van der Waals surface area contributed by atoms with E-state index >= 15 is 0 Å². The van der Waals surface area contributed by atoms with Gasteiger partial charge in [0.1, 0.15) is 11.5 Å². The molecular formula is C23H23FN2O5S. The third kappa shape index (κ3) is 5.23. The third-order valence-corrected chi connectivity index (χ3v) is 5.73. The molecule has 1 unspecified atom stereocenters. The maximum Gasteiger partial charge on any atom is 0.355 e. The van der Waals surface area contributed by atoms with Crippen molar-refractivity contribution in [3.8, 4) is 0 Å². The van der Waals surface area contributed by atoms with Crippen LogP contribution in [0.25, 0.3) is 0 Å². The molecule has 7 nitrogen and oxygen atoms in total. The lowest BCUT2D eigenvalue weighted by molar-refractivity contribution is -0.124. The van der Waals surface area contributed by atoms with Crippen LogP contribution in [0.3, 0.4) is 0 Å². The molecule has 1 amide bonds. The first-order valence-electron chi connectivity index (χ1n) is 9.93. The Morgan fingerprint density at radius 2 is 1.81 bits per heavy atom. The monoisotopic (exact) mass is 458 g/mol. The van der Waals surface area contributed by atoms with Gasteiger partial charge in [-0.1, -0.05) is 18.2 Å². The van der Waals surface area contributed by atoms with Crippen molar-refractivity contribution in [2.75, 3.05) is 13.2 Å². The topological polar surface area (TPSA) is 97.5 Å². The molecule has 32 heavy (non-hydrogen) atoms. The lowest BCUT2D eigenvalue weighted by Gasteiger charge is -2.18. The summed E-state index contributed by atoms with van der Waals surface area (Å²) >= 11 is 1.44. The molecule has 0 spiro atoms. The summed E-state index contributed by atoms with van der Waals surface area (Å²) in [6.07, 6.45) is 0. The number of aromatic nitrogens is 1. The van der Waals surface area contributed by atoms with Crippen LogP contribution < -0.4 is 5.32 Å². The van der Waals surface area contributed by atoms with Crippen molar-refractivity contribution in [1.29, 1.82) is 0 Å². The minimum atomic E-state index is -0.759. The fraction of sp³-hybridized carbons (Fsp3) is 0.261. The Bertz CT molecular complexity index is 1110. The summed E-state index contributed by atoms with van der Waals surface area (Å²) in [7, 11) is 0. The Balaban J connectivity index is 1.68. The largest absolute Gasteiger partial charge is 0.462 e. The number of benzene rings is 1. The number of aromatic amines is 1. The van der Waals surface area contributed by atoms with Crippen molar-refractivity contribution < 1.29 is 28.2 Å². The number of hydrogen-bond donors (Lipinski definition) is 2. The Kier molecular flexibility index (Phi) is 7.42. The van der Waals surface area contributed by atoms with Gasteiger partial charge in [-0.3, -0.25) is 4.79 Å². The van der Waals surface area contributed by atoms with E-state index in [2.05, 4.69) is 10.3 Å². The van der Waals surface area contributed by atoms with Crippen LogP contribution in [0.4, 0.5) is 4.39 Å². The Morgan fingerprint density at radius 1 is 1.09 bits per heavy atom. The van der Waals surface area contributed by atoms with Crippen molar-refractivity contribution in [1.82, 2.24) is 10.3 Å². The Hall–Kier alpha value is -3.46. The Morgan fingerprint density at radius 3 is 2.44 bits per heavy atom. The van der Waals surface area contributed by atoms with Crippen LogP contribution in [0, 0.1) is 19.7 Å². The summed E-state index contributed by atoms with van der Waals surface area (Å²) in [5, 5.41) is 4.69. The predicted octanol–water partition coefficient (Wildman–Crippen LogP) is 4.07. The highest BCUT2D eigenvalue weighted by Crippen LogP contribution is 2.26. The number of esters is 2. The highest BCUT2D eigenvalue weighted by Gasteiger charge is 2.25. The smallest absolute Gasteiger partial charge is 0.355 e. The van der Waals surface area contributed by atoms with E-state index < -0.39 is 30.5 Å². The number of halogens is 1. The molecule has 1 aromatic carbocycles. The summed E-state index contributed by atoms with van der Waals surface area (Å²) in [6.45, 7) is 4.64. The van der Waals surface area contributed by atoms with Gasteiger partial charge < -0.3 is 19.8 Å². The van der Waals surface area contributed by atoms with E-state index in [0.29, 0.717) is 16.8 Å². The number of carbonyl (C=O) groups excluding carboxylic acids is 3. The van der Waals surface area contributed by atoms with Crippen molar-refractivity contribution >= 4 is 29.2 Å². The van der Waals surface area contributed by atoms with Crippen LogP contribution in [0.15, 0.2) is 41.8 Å². The van der Waals surface area contributed by atoms with Gasteiger partial charge in [0.25, 0.3) is 5.91 Å². The van der Waals surface area contributed by atoms with Crippen LogP contribution >= 0.6 is 11.3 Å². The minimum absolute atomic E-state index is 0.0895. The summed E-state index contributed by atoms with van der Waals surface area (Å²) < 4.78 is 23.5. The quantitative estimate of drug-likeness (QED) is 0.496. The third-order valence-electron chi connectivity index (χ3n) is 4.79. The zero-order chi connectivity index (χ0) is 23.3. The molecule has 0 radical (unpaired) electrons. The molecule has 0 aliphatic heterocycles. The van der Waals surface area contributed by atoms with Crippen LogP contribution in [-0.4, -0.2) is 36.0 Å². The molecular weight excluding hydrogens is 435 g/mol. The molecule has 3 rings (SSSR count). The molecule has 0 aliphatic carbocycles. The number of hydrogen-bond acceptors (Lipinski definition) is 6. The number of rotatable bonds is 8. The molecule has 9 heteroatoms. The second-order valence-corrected chi connectivity index (χ2v) is 7.97. The van der Waals surface area contributed by atoms with Crippen LogP contribution in [0.1, 0.15) is 55.5 Å². The van der Waals surface area contributed by atoms with Crippen LogP contribution in [0.5, 0.6) is 0 Å². The van der Waals surface area contributed by atoms with Gasteiger partial charge in [0.2, 0.25) is 0 Å². The average molecular weight is 459 g/mol.